The molecule has 2 aromatic rings. The maximum Gasteiger partial charge on any atom is 0.282 e. The summed E-state index contributed by atoms with van der Waals surface area (Å²) in [5.41, 5.74) is 2.97. The zero-order chi connectivity index (χ0) is 15.9. The molecule has 5 nitrogen and oxygen atoms in total. The molecule has 0 atom stereocenters. The maximum absolute atomic E-state index is 11.9. The van der Waals surface area contributed by atoms with Crippen molar-refractivity contribution in [1.29, 1.82) is 0 Å². The molecule has 1 heterocycles. The molecule has 0 unspecified atom stereocenters. The number of carbonyl (C=O) groups excluding carboxylic acids is 1. The Balaban J connectivity index is 2.20. The molecule has 1 N–H and O–H groups in total. The van der Waals surface area contributed by atoms with Gasteiger partial charge in [0.05, 0.1) is 19.9 Å². The molecule has 2 aromatic carbocycles. The van der Waals surface area contributed by atoms with E-state index in [1.807, 2.05) is 18.2 Å². The lowest BCUT2D eigenvalue weighted by atomic mass is 9.95. The van der Waals surface area contributed by atoms with E-state index in [-0.39, 0.29) is 5.57 Å². The summed E-state index contributed by atoms with van der Waals surface area (Å²) < 4.78 is 10.5. The number of fused-ring (bicyclic) bond motifs is 1. The number of benzene rings is 2. The van der Waals surface area contributed by atoms with Gasteiger partial charge in [-0.3, -0.25) is 10.0 Å². The van der Waals surface area contributed by atoms with Crippen molar-refractivity contribution in [1.82, 2.24) is 0 Å². The summed E-state index contributed by atoms with van der Waals surface area (Å²) in [6.07, 6.45) is 0. The van der Waals surface area contributed by atoms with E-state index in [0.717, 1.165) is 11.1 Å². The Bertz CT molecular complexity index is 782. The average Bonchev–Trinajstić information content (AvgIpc) is 2.79. The van der Waals surface area contributed by atoms with Crippen LogP contribution in [0.5, 0.6) is 11.5 Å². The minimum atomic E-state index is -0.511. The quantitative estimate of drug-likeness (QED) is 0.698. The van der Waals surface area contributed by atoms with Crippen LogP contribution in [0.4, 0.5) is 5.69 Å². The first-order valence-electron chi connectivity index (χ1n) is 6.66. The summed E-state index contributed by atoms with van der Waals surface area (Å²) in [5, 5.41) is 10.5. The van der Waals surface area contributed by atoms with Gasteiger partial charge in [-0.15, -0.1) is 0 Å². The third-order valence-electron chi connectivity index (χ3n) is 3.72. The second-order valence-corrected chi connectivity index (χ2v) is 4.86. The SMILES string of the molecule is C=C1C(=O)N(O)c2cccc(-c3ccc(OC)c(OC)c3)c21. The number of methoxy groups -OCH3 is 2. The number of ether oxygens (including phenoxy) is 2. The summed E-state index contributed by atoms with van der Waals surface area (Å²) in [6, 6.07) is 10.8. The summed E-state index contributed by atoms with van der Waals surface area (Å²) in [6.45, 7) is 3.78. The molecule has 0 saturated heterocycles. The Kier molecular flexibility index (Phi) is 3.35. The largest absolute Gasteiger partial charge is 0.493 e. The summed E-state index contributed by atoms with van der Waals surface area (Å²) in [5.74, 6) is 0.703. The fraction of sp³-hybridized carbons (Fsp3) is 0.118. The van der Waals surface area contributed by atoms with E-state index in [4.69, 9.17) is 9.47 Å². The fourth-order valence-corrected chi connectivity index (χ4v) is 2.62. The highest BCUT2D eigenvalue weighted by Gasteiger charge is 2.32. The fourth-order valence-electron chi connectivity index (χ4n) is 2.62. The molecule has 0 spiro atoms. The van der Waals surface area contributed by atoms with Crippen LogP contribution in [0.25, 0.3) is 16.7 Å². The minimum Gasteiger partial charge on any atom is -0.493 e. The molecule has 0 aromatic heterocycles. The smallest absolute Gasteiger partial charge is 0.282 e. The van der Waals surface area contributed by atoms with Crippen LogP contribution in [0.1, 0.15) is 5.56 Å². The Labute approximate surface area is 128 Å². The van der Waals surface area contributed by atoms with Crippen LogP contribution in [0, 0.1) is 0 Å². The van der Waals surface area contributed by atoms with Crippen molar-refractivity contribution in [3.05, 3.63) is 48.5 Å². The molecule has 3 rings (SSSR count). The summed E-state index contributed by atoms with van der Waals surface area (Å²) in [7, 11) is 3.14. The summed E-state index contributed by atoms with van der Waals surface area (Å²) in [4.78, 5) is 11.9. The van der Waals surface area contributed by atoms with Crippen molar-refractivity contribution < 1.29 is 19.5 Å². The van der Waals surface area contributed by atoms with Gasteiger partial charge in [0.1, 0.15) is 0 Å². The molecule has 0 aliphatic carbocycles. The van der Waals surface area contributed by atoms with Gasteiger partial charge in [0.15, 0.2) is 11.5 Å². The first-order valence-corrected chi connectivity index (χ1v) is 6.66. The van der Waals surface area contributed by atoms with Gasteiger partial charge in [-0.2, -0.15) is 5.06 Å². The molecule has 1 aliphatic heterocycles. The van der Waals surface area contributed by atoms with Crippen LogP contribution in [0.3, 0.4) is 0 Å². The van der Waals surface area contributed by atoms with Crippen molar-refractivity contribution in [3.63, 3.8) is 0 Å². The van der Waals surface area contributed by atoms with Gasteiger partial charge in [-0.05, 0) is 29.3 Å². The van der Waals surface area contributed by atoms with E-state index < -0.39 is 5.91 Å². The van der Waals surface area contributed by atoms with Gasteiger partial charge in [0.25, 0.3) is 5.91 Å². The van der Waals surface area contributed by atoms with Crippen molar-refractivity contribution in [2.24, 2.45) is 0 Å². The number of hydrogen-bond acceptors (Lipinski definition) is 4. The normalized spacial score (nSPS) is 13.3. The lowest BCUT2D eigenvalue weighted by molar-refractivity contribution is -0.117. The lowest BCUT2D eigenvalue weighted by Crippen LogP contribution is -2.20. The van der Waals surface area contributed by atoms with Crippen molar-refractivity contribution in [3.8, 4) is 22.6 Å². The number of hydroxylamine groups is 1. The second-order valence-electron chi connectivity index (χ2n) is 4.86. The maximum atomic E-state index is 11.9. The number of nitrogens with zero attached hydrogens (tertiary/aromatic N) is 1. The summed E-state index contributed by atoms with van der Waals surface area (Å²) >= 11 is 0. The van der Waals surface area contributed by atoms with E-state index in [1.165, 1.54) is 0 Å². The topological polar surface area (TPSA) is 59.0 Å². The molecule has 0 bridgehead atoms. The molecular weight excluding hydrogens is 282 g/mol. The molecule has 0 saturated carbocycles. The van der Waals surface area contributed by atoms with E-state index >= 15 is 0 Å². The van der Waals surface area contributed by atoms with Gasteiger partial charge >= 0.3 is 0 Å². The van der Waals surface area contributed by atoms with E-state index in [2.05, 4.69) is 6.58 Å². The van der Waals surface area contributed by atoms with Crippen LogP contribution in [0.15, 0.2) is 43.0 Å². The third-order valence-corrected chi connectivity index (χ3v) is 3.72. The van der Waals surface area contributed by atoms with Crippen molar-refractivity contribution in [2.45, 2.75) is 0 Å². The molecule has 5 heteroatoms. The highest BCUT2D eigenvalue weighted by atomic mass is 16.5. The van der Waals surface area contributed by atoms with Crippen LogP contribution < -0.4 is 14.5 Å². The van der Waals surface area contributed by atoms with Crippen molar-refractivity contribution >= 4 is 17.2 Å². The number of anilines is 1. The molecule has 22 heavy (non-hydrogen) atoms. The molecule has 112 valence electrons. The Morgan fingerprint density at radius 3 is 2.50 bits per heavy atom. The molecule has 1 amide bonds. The first-order chi connectivity index (χ1) is 10.6. The van der Waals surface area contributed by atoms with E-state index in [9.17, 15) is 10.0 Å². The van der Waals surface area contributed by atoms with Gasteiger partial charge in [-0.25, -0.2) is 0 Å². The molecule has 0 fully saturated rings. The van der Waals surface area contributed by atoms with Gasteiger partial charge in [0.2, 0.25) is 0 Å². The molecule has 0 radical (unpaired) electrons. The number of rotatable bonds is 3. The zero-order valence-electron chi connectivity index (χ0n) is 12.3. The molecular formula is C17H15NO4. The Morgan fingerprint density at radius 2 is 1.82 bits per heavy atom. The third kappa shape index (κ3) is 1.95. The minimum absolute atomic E-state index is 0.267. The number of amides is 1. The van der Waals surface area contributed by atoms with E-state index in [1.54, 1.807) is 32.4 Å². The predicted molar refractivity (Wildman–Crippen MR) is 83.3 cm³/mol. The Morgan fingerprint density at radius 1 is 1.09 bits per heavy atom. The van der Waals surface area contributed by atoms with Gasteiger partial charge in [0, 0.05) is 11.1 Å². The van der Waals surface area contributed by atoms with Gasteiger partial charge < -0.3 is 9.47 Å². The molecule has 1 aliphatic rings. The second kappa shape index (κ2) is 5.20. The van der Waals surface area contributed by atoms with Crippen LogP contribution in [-0.4, -0.2) is 25.3 Å². The van der Waals surface area contributed by atoms with Crippen molar-refractivity contribution in [2.75, 3.05) is 19.3 Å². The Hall–Kier alpha value is -2.79. The number of hydrogen-bond donors (Lipinski definition) is 1. The van der Waals surface area contributed by atoms with Gasteiger partial charge in [-0.1, -0.05) is 24.8 Å². The highest BCUT2D eigenvalue weighted by Crippen LogP contribution is 2.42. The lowest BCUT2D eigenvalue weighted by Gasteiger charge is -2.12. The van der Waals surface area contributed by atoms with Crippen LogP contribution >= 0.6 is 0 Å². The monoisotopic (exact) mass is 297 g/mol. The average molecular weight is 297 g/mol. The predicted octanol–water partition coefficient (Wildman–Crippen LogP) is 3.12. The zero-order valence-corrected chi connectivity index (χ0v) is 12.3. The number of carbonyl (C=O) groups is 1. The standard InChI is InChI=1S/C17H15NO4/c1-10-16-12(5-4-6-13(16)18(20)17(10)19)11-7-8-14(21-2)15(9-11)22-3/h4-9,20H,1H2,2-3H3. The van der Waals surface area contributed by atoms with E-state index in [0.29, 0.717) is 27.8 Å². The first kappa shape index (κ1) is 14.2. The van der Waals surface area contributed by atoms with Crippen LogP contribution in [0.2, 0.25) is 0 Å². The van der Waals surface area contributed by atoms with Crippen LogP contribution in [-0.2, 0) is 4.79 Å². The highest BCUT2D eigenvalue weighted by molar-refractivity contribution is 6.32.